The fourth-order valence-corrected chi connectivity index (χ4v) is 7.16. The number of para-hydroxylation sites is 2. The topological polar surface area (TPSA) is 97.4 Å². The summed E-state index contributed by atoms with van der Waals surface area (Å²) in [5.41, 5.74) is 3.53. The minimum absolute atomic E-state index is 0.334. The van der Waals surface area contributed by atoms with Crippen LogP contribution in [-0.2, 0) is 24.8 Å². The van der Waals surface area contributed by atoms with Crippen LogP contribution in [0, 0.1) is 5.41 Å². The Morgan fingerprint density at radius 3 is 2.41 bits per heavy atom. The van der Waals surface area contributed by atoms with E-state index in [1.807, 2.05) is 25.1 Å². The number of anilines is 1. The first-order chi connectivity index (χ1) is 18.8. The number of aryl methyl sites for hydroxylation is 2. The van der Waals surface area contributed by atoms with Crippen LogP contribution in [0.2, 0.25) is 0 Å². The highest BCUT2D eigenvalue weighted by atomic mass is 16.5. The van der Waals surface area contributed by atoms with E-state index in [0.717, 1.165) is 104 Å². The molecular formula is C29H38N8O2. The number of nitrogens with zero attached hydrogens (tertiary/aromatic N) is 8. The van der Waals surface area contributed by atoms with Crippen LogP contribution in [0.1, 0.15) is 51.2 Å². The van der Waals surface area contributed by atoms with Crippen molar-refractivity contribution >= 4 is 28.0 Å². The van der Waals surface area contributed by atoms with Gasteiger partial charge in [0.25, 0.3) is 0 Å². The number of rotatable bonds is 5. The lowest BCUT2D eigenvalue weighted by Crippen LogP contribution is -2.54. The van der Waals surface area contributed by atoms with E-state index < -0.39 is 5.60 Å². The summed E-state index contributed by atoms with van der Waals surface area (Å²) in [7, 11) is 2.08. The van der Waals surface area contributed by atoms with Gasteiger partial charge in [0.2, 0.25) is 5.95 Å². The standard InChI is InChI=1S/C29H38N8O2/c1-4-22-30-20-7-5-6-8-21(20)37(22)27-32-25-24(26(33-27)36-13-15-39-16-14-36)31-23(34(25)3)17-35-11-9-29(10-12-35)18-28(2,38)19-29/h5-8,38H,4,9-19H2,1-3H3. The van der Waals surface area contributed by atoms with Crippen molar-refractivity contribution in [3.63, 3.8) is 0 Å². The molecule has 1 aromatic carbocycles. The van der Waals surface area contributed by atoms with Gasteiger partial charge in [0.1, 0.15) is 11.6 Å². The third kappa shape index (κ3) is 4.29. The van der Waals surface area contributed by atoms with Gasteiger partial charge < -0.3 is 19.3 Å². The monoisotopic (exact) mass is 530 g/mol. The lowest BCUT2D eigenvalue weighted by atomic mass is 9.56. The summed E-state index contributed by atoms with van der Waals surface area (Å²) in [6.07, 6.45) is 4.94. The Bertz CT molecular complexity index is 1520. The van der Waals surface area contributed by atoms with Gasteiger partial charge in [-0.05, 0) is 63.2 Å². The Balaban J connectivity index is 1.27. The molecule has 3 aliphatic rings. The molecule has 39 heavy (non-hydrogen) atoms. The first kappa shape index (κ1) is 24.9. The van der Waals surface area contributed by atoms with Crippen LogP contribution in [-0.4, -0.2) is 84.1 Å². The van der Waals surface area contributed by atoms with E-state index in [2.05, 4.69) is 39.0 Å². The van der Waals surface area contributed by atoms with Gasteiger partial charge in [-0.15, -0.1) is 0 Å². The minimum atomic E-state index is -0.468. The van der Waals surface area contributed by atoms with Crippen molar-refractivity contribution in [2.75, 3.05) is 44.3 Å². The van der Waals surface area contributed by atoms with E-state index in [1.54, 1.807) is 0 Å². The number of aliphatic hydroxyl groups is 1. The predicted molar refractivity (Wildman–Crippen MR) is 150 cm³/mol. The maximum absolute atomic E-state index is 10.3. The molecular weight excluding hydrogens is 492 g/mol. The zero-order valence-corrected chi connectivity index (χ0v) is 23.2. The van der Waals surface area contributed by atoms with E-state index in [0.29, 0.717) is 24.6 Å². The fourth-order valence-electron chi connectivity index (χ4n) is 7.16. The number of likely N-dealkylation sites (tertiary alicyclic amines) is 1. The SMILES string of the molecule is CCc1nc2ccccc2n1-c1nc(N2CCOCC2)c2nc(CN3CCC4(CC3)CC(C)(O)C4)n(C)c2n1. The van der Waals surface area contributed by atoms with E-state index in [4.69, 9.17) is 24.7 Å². The maximum Gasteiger partial charge on any atom is 0.239 e. The van der Waals surface area contributed by atoms with Gasteiger partial charge >= 0.3 is 0 Å². The average molecular weight is 531 g/mol. The molecule has 0 radical (unpaired) electrons. The first-order valence-electron chi connectivity index (χ1n) is 14.3. The molecule has 5 heterocycles. The number of ether oxygens (including phenoxy) is 1. The smallest absolute Gasteiger partial charge is 0.239 e. The molecule has 3 fully saturated rings. The second kappa shape index (κ2) is 9.25. The van der Waals surface area contributed by atoms with E-state index in [9.17, 15) is 5.11 Å². The van der Waals surface area contributed by atoms with Gasteiger partial charge in [-0.25, -0.2) is 9.97 Å². The molecule has 1 saturated carbocycles. The molecule has 1 N–H and O–H groups in total. The highest BCUT2D eigenvalue weighted by Crippen LogP contribution is 2.54. The quantitative estimate of drug-likeness (QED) is 0.420. The lowest BCUT2D eigenvalue weighted by molar-refractivity contribution is -0.137. The van der Waals surface area contributed by atoms with E-state index >= 15 is 0 Å². The molecule has 2 aliphatic heterocycles. The minimum Gasteiger partial charge on any atom is -0.390 e. The molecule has 4 aromatic rings. The fraction of sp³-hybridized carbons (Fsp3) is 0.586. The molecule has 0 unspecified atom stereocenters. The molecule has 0 amide bonds. The summed E-state index contributed by atoms with van der Waals surface area (Å²) >= 11 is 0. The van der Waals surface area contributed by atoms with Crippen molar-refractivity contribution < 1.29 is 9.84 Å². The Hall–Kier alpha value is -3.08. The van der Waals surface area contributed by atoms with Crippen molar-refractivity contribution in [3.8, 4) is 5.95 Å². The summed E-state index contributed by atoms with van der Waals surface area (Å²) in [6, 6.07) is 8.19. The molecule has 3 aromatic heterocycles. The molecule has 1 spiro atoms. The molecule has 7 rings (SSSR count). The molecule has 2 saturated heterocycles. The number of aromatic nitrogens is 6. The number of morpholine rings is 1. The summed E-state index contributed by atoms with van der Waals surface area (Å²) in [6.45, 7) is 9.86. The lowest BCUT2D eigenvalue weighted by Gasteiger charge is -2.55. The van der Waals surface area contributed by atoms with Crippen LogP contribution in [0.4, 0.5) is 5.82 Å². The second-order valence-corrected chi connectivity index (χ2v) is 12.0. The zero-order chi connectivity index (χ0) is 26.8. The third-order valence-corrected chi connectivity index (χ3v) is 9.03. The van der Waals surface area contributed by atoms with Crippen molar-refractivity contribution in [2.24, 2.45) is 12.5 Å². The highest BCUT2D eigenvalue weighted by Gasteiger charge is 2.51. The van der Waals surface area contributed by atoms with Crippen LogP contribution in [0.15, 0.2) is 24.3 Å². The summed E-state index contributed by atoms with van der Waals surface area (Å²) in [4.78, 5) is 25.1. The van der Waals surface area contributed by atoms with Gasteiger partial charge in [0.15, 0.2) is 17.0 Å². The normalized spacial score (nSPS) is 21.2. The van der Waals surface area contributed by atoms with Gasteiger partial charge in [-0.1, -0.05) is 19.1 Å². The van der Waals surface area contributed by atoms with Crippen LogP contribution in [0.5, 0.6) is 0 Å². The Morgan fingerprint density at radius 2 is 1.69 bits per heavy atom. The maximum atomic E-state index is 10.3. The van der Waals surface area contributed by atoms with Crippen LogP contribution in [0.25, 0.3) is 28.1 Å². The van der Waals surface area contributed by atoms with Crippen LogP contribution < -0.4 is 4.90 Å². The number of benzene rings is 1. The van der Waals surface area contributed by atoms with Crippen LogP contribution >= 0.6 is 0 Å². The summed E-state index contributed by atoms with van der Waals surface area (Å²) < 4.78 is 9.90. The van der Waals surface area contributed by atoms with Gasteiger partial charge in [0, 0.05) is 26.6 Å². The van der Waals surface area contributed by atoms with Crippen LogP contribution in [0.3, 0.4) is 0 Å². The first-order valence-corrected chi connectivity index (χ1v) is 14.3. The van der Waals surface area contributed by atoms with Crippen molar-refractivity contribution in [3.05, 3.63) is 35.9 Å². The second-order valence-electron chi connectivity index (χ2n) is 12.0. The van der Waals surface area contributed by atoms with E-state index in [-0.39, 0.29) is 0 Å². The number of hydrogen-bond acceptors (Lipinski definition) is 8. The largest absolute Gasteiger partial charge is 0.390 e. The summed E-state index contributed by atoms with van der Waals surface area (Å²) in [5, 5.41) is 10.3. The summed E-state index contributed by atoms with van der Waals surface area (Å²) in [5.74, 6) is 3.46. The van der Waals surface area contributed by atoms with Crippen molar-refractivity contribution in [1.82, 2.24) is 34.0 Å². The Kier molecular flexibility index (Phi) is 5.91. The third-order valence-electron chi connectivity index (χ3n) is 9.03. The van der Waals surface area contributed by atoms with Crippen molar-refractivity contribution in [2.45, 2.75) is 58.1 Å². The zero-order valence-electron chi connectivity index (χ0n) is 23.2. The molecule has 0 bridgehead atoms. The molecule has 10 nitrogen and oxygen atoms in total. The Labute approximate surface area is 228 Å². The average Bonchev–Trinajstić information content (AvgIpc) is 3.46. The molecule has 10 heteroatoms. The number of hydrogen-bond donors (Lipinski definition) is 1. The number of fused-ring (bicyclic) bond motifs is 2. The molecule has 1 aliphatic carbocycles. The van der Waals surface area contributed by atoms with Gasteiger partial charge in [-0.2, -0.15) is 9.97 Å². The number of imidazole rings is 2. The van der Waals surface area contributed by atoms with E-state index in [1.165, 1.54) is 0 Å². The highest BCUT2D eigenvalue weighted by molar-refractivity contribution is 5.86. The molecule has 206 valence electrons. The predicted octanol–water partition coefficient (Wildman–Crippen LogP) is 3.23. The number of piperidine rings is 1. The Morgan fingerprint density at radius 1 is 0.949 bits per heavy atom. The molecule has 0 atom stereocenters. The van der Waals surface area contributed by atoms with Gasteiger partial charge in [-0.3, -0.25) is 9.47 Å². The van der Waals surface area contributed by atoms with Crippen molar-refractivity contribution in [1.29, 1.82) is 0 Å². The van der Waals surface area contributed by atoms with Gasteiger partial charge in [0.05, 0.1) is 36.4 Å².